The van der Waals surface area contributed by atoms with Gasteiger partial charge in [-0.15, -0.1) is 0 Å². The van der Waals surface area contributed by atoms with E-state index in [2.05, 4.69) is 0 Å². The lowest BCUT2D eigenvalue weighted by Crippen LogP contribution is -2.02. The lowest BCUT2D eigenvalue weighted by molar-refractivity contribution is 0.458. The Morgan fingerprint density at radius 2 is 1.44 bits per heavy atom. The molecular formula is C14H14O3S. The number of sulfone groups is 1. The lowest BCUT2D eigenvalue weighted by atomic mass is 10.2. The topological polar surface area (TPSA) is 54.4 Å². The number of phenols is 1. The molecule has 0 saturated heterocycles. The highest BCUT2D eigenvalue weighted by molar-refractivity contribution is 7.91. The van der Waals surface area contributed by atoms with Crippen molar-refractivity contribution in [2.24, 2.45) is 0 Å². The number of hydrogen-bond donors (Lipinski definition) is 1. The molecule has 0 unspecified atom stereocenters. The largest absolute Gasteiger partial charge is 0.507 e. The van der Waals surface area contributed by atoms with Gasteiger partial charge in [0.1, 0.15) is 10.6 Å². The Morgan fingerprint density at radius 1 is 0.889 bits per heavy atom. The smallest absolute Gasteiger partial charge is 0.210 e. The van der Waals surface area contributed by atoms with Crippen LogP contribution in [0.4, 0.5) is 0 Å². The zero-order valence-corrected chi connectivity index (χ0v) is 11.0. The zero-order chi connectivity index (χ0) is 13.3. The van der Waals surface area contributed by atoms with Crippen LogP contribution >= 0.6 is 0 Å². The molecule has 0 saturated carbocycles. The molecular weight excluding hydrogens is 248 g/mol. The second-order valence-corrected chi connectivity index (χ2v) is 6.21. The molecule has 2 aromatic carbocycles. The van der Waals surface area contributed by atoms with Crippen molar-refractivity contribution in [3.63, 3.8) is 0 Å². The van der Waals surface area contributed by atoms with Gasteiger partial charge in [0, 0.05) is 0 Å². The van der Waals surface area contributed by atoms with Gasteiger partial charge in [0.05, 0.1) is 4.90 Å². The van der Waals surface area contributed by atoms with Crippen LogP contribution in [0.25, 0.3) is 0 Å². The number of aromatic hydroxyl groups is 1. The van der Waals surface area contributed by atoms with E-state index in [4.69, 9.17) is 0 Å². The first-order valence-corrected chi connectivity index (χ1v) is 7.01. The maximum absolute atomic E-state index is 12.4. The van der Waals surface area contributed by atoms with E-state index in [9.17, 15) is 13.5 Å². The second kappa shape index (κ2) is 4.46. The van der Waals surface area contributed by atoms with Gasteiger partial charge in [0.15, 0.2) is 0 Å². The summed E-state index contributed by atoms with van der Waals surface area (Å²) in [6.07, 6.45) is 0. The van der Waals surface area contributed by atoms with Crippen molar-refractivity contribution in [2.75, 3.05) is 0 Å². The molecule has 4 heteroatoms. The lowest BCUT2D eigenvalue weighted by Gasteiger charge is -2.08. The molecule has 0 amide bonds. The molecule has 0 spiro atoms. The van der Waals surface area contributed by atoms with E-state index < -0.39 is 9.84 Å². The van der Waals surface area contributed by atoms with Gasteiger partial charge in [0.2, 0.25) is 9.84 Å². The highest BCUT2D eigenvalue weighted by Gasteiger charge is 2.21. The third-order valence-corrected chi connectivity index (χ3v) is 4.53. The van der Waals surface area contributed by atoms with Gasteiger partial charge in [-0.1, -0.05) is 23.8 Å². The van der Waals surface area contributed by atoms with Gasteiger partial charge < -0.3 is 5.11 Å². The molecule has 1 N–H and O–H groups in total. The van der Waals surface area contributed by atoms with Crippen molar-refractivity contribution in [3.8, 4) is 5.75 Å². The Balaban J connectivity index is 2.61. The molecule has 0 radical (unpaired) electrons. The Bertz CT molecular complexity index is 671. The summed E-state index contributed by atoms with van der Waals surface area (Å²) >= 11 is 0. The van der Waals surface area contributed by atoms with Crippen LogP contribution in [0.15, 0.2) is 52.3 Å². The first-order chi connectivity index (χ1) is 8.41. The second-order valence-electron chi connectivity index (χ2n) is 4.29. The quantitative estimate of drug-likeness (QED) is 0.905. The van der Waals surface area contributed by atoms with E-state index in [0.717, 1.165) is 11.1 Å². The van der Waals surface area contributed by atoms with Gasteiger partial charge in [0.25, 0.3) is 0 Å². The Labute approximate surface area is 107 Å². The Morgan fingerprint density at radius 3 is 2.06 bits per heavy atom. The summed E-state index contributed by atoms with van der Waals surface area (Å²) in [6.45, 7) is 3.67. The molecule has 18 heavy (non-hydrogen) atoms. The minimum Gasteiger partial charge on any atom is -0.507 e. The maximum Gasteiger partial charge on any atom is 0.210 e. The van der Waals surface area contributed by atoms with Crippen LogP contribution in [0.2, 0.25) is 0 Å². The summed E-state index contributed by atoms with van der Waals surface area (Å²) in [7, 11) is -3.66. The van der Waals surface area contributed by atoms with Gasteiger partial charge in [-0.3, -0.25) is 0 Å². The molecule has 2 rings (SSSR count). The van der Waals surface area contributed by atoms with Crippen molar-refractivity contribution in [1.29, 1.82) is 0 Å². The summed E-state index contributed by atoms with van der Waals surface area (Å²) in [5, 5.41) is 9.71. The molecule has 0 bridgehead atoms. The first-order valence-electron chi connectivity index (χ1n) is 5.52. The first kappa shape index (κ1) is 12.6. The molecule has 0 heterocycles. The normalized spacial score (nSPS) is 11.4. The fourth-order valence-electron chi connectivity index (χ4n) is 1.68. The van der Waals surface area contributed by atoms with Crippen molar-refractivity contribution in [3.05, 3.63) is 53.6 Å². The third-order valence-electron chi connectivity index (χ3n) is 2.74. The summed E-state index contributed by atoms with van der Waals surface area (Å²) in [5.41, 5.74) is 1.78. The summed E-state index contributed by atoms with van der Waals surface area (Å²) in [4.78, 5) is 0.139. The minimum atomic E-state index is -3.66. The fourth-order valence-corrected chi connectivity index (χ4v) is 3.11. The number of hydrogen-bond acceptors (Lipinski definition) is 3. The van der Waals surface area contributed by atoms with Crippen LogP contribution in [0.1, 0.15) is 11.1 Å². The molecule has 0 aromatic heterocycles. The van der Waals surface area contributed by atoms with Gasteiger partial charge in [-0.2, -0.15) is 0 Å². The highest BCUT2D eigenvalue weighted by atomic mass is 32.2. The monoisotopic (exact) mass is 262 g/mol. The van der Waals surface area contributed by atoms with Crippen molar-refractivity contribution in [1.82, 2.24) is 0 Å². The minimum absolute atomic E-state index is 0.0497. The molecule has 0 aliphatic rings. The van der Waals surface area contributed by atoms with Crippen molar-refractivity contribution in [2.45, 2.75) is 23.6 Å². The molecule has 3 nitrogen and oxygen atoms in total. The number of phenolic OH excluding ortho intramolecular Hbond substituents is 1. The summed E-state index contributed by atoms with van der Waals surface area (Å²) in [6, 6.07) is 11.1. The van der Waals surface area contributed by atoms with Gasteiger partial charge in [-0.05, 0) is 43.7 Å². The number of rotatable bonds is 2. The van der Waals surface area contributed by atoms with E-state index in [1.165, 1.54) is 12.1 Å². The average Bonchev–Trinajstić information content (AvgIpc) is 2.32. The summed E-state index contributed by atoms with van der Waals surface area (Å²) < 4.78 is 24.7. The predicted octanol–water partition coefficient (Wildman–Crippen LogP) is 2.84. The fraction of sp³-hybridized carbons (Fsp3) is 0.143. The number of benzene rings is 2. The molecule has 2 aromatic rings. The average molecular weight is 262 g/mol. The van der Waals surface area contributed by atoms with E-state index in [1.54, 1.807) is 37.3 Å². The van der Waals surface area contributed by atoms with E-state index in [1.807, 2.05) is 6.92 Å². The van der Waals surface area contributed by atoms with Crippen LogP contribution in [-0.4, -0.2) is 13.5 Å². The Kier molecular flexibility index (Phi) is 3.13. The standard InChI is InChI=1S/C14H14O3S/c1-10-3-6-12(7-4-10)18(16,17)14-9-11(2)5-8-13(14)15/h3-9,15H,1-2H3. The van der Waals surface area contributed by atoms with E-state index in [-0.39, 0.29) is 15.5 Å². The van der Waals surface area contributed by atoms with Crippen molar-refractivity contribution >= 4 is 9.84 Å². The van der Waals surface area contributed by atoms with Gasteiger partial charge in [-0.25, -0.2) is 8.42 Å². The summed E-state index contributed by atoms with van der Waals surface area (Å²) in [5.74, 6) is -0.221. The number of aryl methyl sites for hydroxylation is 2. The van der Waals surface area contributed by atoms with E-state index in [0.29, 0.717) is 0 Å². The van der Waals surface area contributed by atoms with Crippen LogP contribution in [-0.2, 0) is 9.84 Å². The molecule has 0 aliphatic carbocycles. The van der Waals surface area contributed by atoms with Gasteiger partial charge >= 0.3 is 0 Å². The SMILES string of the molecule is Cc1ccc(S(=O)(=O)c2cc(C)ccc2O)cc1. The van der Waals surface area contributed by atoms with Crippen molar-refractivity contribution < 1.29 is 13.5 Å². The molecule has 0 atom stereocenters. The third kappa shape index (κ3) is 2.24. The predicted molar refractivity (Wildman–Crippen MR) is 69.5 cm³/mol. The van der Waals surface area contributed by atoms with Crippen LogP contribution in [0.5, 0.6) is 5.75 Å². The molecule has 0 aliphatic heterocycles. The maximum atomic E-state index is 12.4. The van der Waals surface area contributed by atoms with Crippen LogP contribution in [0.3, 0.4) is 0 Å². The van der Waals surface area contributed by atoms with Crippen LogP contribution in [0, 0.1) is 13.8 Å². The van der Waals surface area contributed by atoms with E-state index >= 15 is 0 Å². The molecule has 94 valence electrons. The Hall–Kier alpha value is -1.81. The zero-order valence-electron chi connectivity index (χ0n) is 10.2. The highest BCUT2D eigenvalue weighted by Crippen LogP contribution is 2.29. The molecule has 0 fully saturated rings. The van der Waals surface area contributed by atoms with Crippen LogP contribution < -0.4 is 0 Å².